The van der Waals surface area contributed by atoms with Gasteiger partial charge in [-0.05, 0) is 50.9 Å². The Morgan fingerprint density at radius 1 is 1.30 bits per heavy atom. The number of azide groups is 1. The van der Waals surface area contributed by atoms with Crippen molar-refractivity contribution < 1.29 is 19.1 Å². The van der Waals surface area contributed by atoms with E-state index in [9.17, 15) is 9.59 Å². The molecule has 1 rings (SSSR count). The lowest BCUT2D eigenvalue weighted by atomic mass is 10.1. The molecule has 0 radical (unpaired) electrons. The van der Waals surface area contributed by atoms with Crippen molar-refractivity contribution >= 4 is 23.4 Å². The predicted molar refractivity (Wildman–Crippen MR) is 86.0 cm³/mol. The Balaban J connectivity index is 3.35. The van der Waals surface area contributed by atoms with Crippen LogP contribution in [0.5, 0.6) is 0 Å². The van der Waals surface area contributed by atoms with Crippen molar-refractivity contribution in [3.05, 3.63) is 33.7 Å². The third kappa shape index (κ3) is 4.62. The number of nitrogens with zero attached hydrogens (tertiary/aromatic N) is 4. The van der Waals surface area contributed by atoms with E-state index in [-0.39, 0.29) is 11.3 Å². The van der Waals surface area contributed by atoms with E-state index in [2.05, 4.69) is 10.0 Å². The SMILES string of the molecule is COC(=O)c1cc(N(C)C(=O)OC(C)(C)C)cc(N=[N+]=[N-])c1C. The van der Waals surface area contributed by atoms with Gasteiger partial charge in [-0.3, -0.25) is 4.90 Å². The highest BCUT2D eigenvalue weighted by atomic mass is 16.6. The third-order valence-corrected chi connectivity index (χ3v) is 2.98. The molecule has 0 aliphatic rings. The van der Waals surface area contributed by atoms with Crippen LogP contribution in [0, 0.1) is 6.92 Å². The summed E-state index contributed by atoms with van der Waals surface area (Å²) in [7, 11) is 2.75. The fourth-order valence-corrected chi connectivity index (χ4v) is 1.79. The van der Waals surface area contributed by atoms with Gasteiger partial charge in [-0.2, -0.15) is 0 Å². The normalized spacial score (nSPS) is 10.5. The van der Waals surface area contributed by atoms with Gasteiger partial charge in [0.2, 0.25) is 0 Å². The zero-order valence-electron chi connectivity index (χ0n) is 14.1. The number of carbonyl (C=O) groups is 2. The zero-order valence-corrected chi connectivity index (χ0v) is 14.1. The van der Waals surface area contributed by atoms with Crippen molar-refractivity contribution in [3.63, 3.8) is 0 Å². The number of amides is 1. The summed E-state index contributed by atoms with van der Waals surface area (Å²) >= 11 is 0. The first-order valence-electron chi connectivity index (χ1n) is 6.85. The van der Waals surface area contributed by atoms with Crippen LogP contribution in [0.15, 0.2) is 17.2 Å². The number of hydrogen-bond acceptors (Lipinski definition) is 5. The molecule has 0 N–H and O–H groups in total. The van der Waals surface area contributed by atoms with Crippen molar-refractivity contribution in [1.82, 2.24) is 0 Å². The maximum atomic E-state index is 12.1. The van der Waals surface area contributed by atoms with Crippen molar-refractivity contribution in [2.45, 2.75) is 33.3 Å². The Hall–Kier alpha value is -2.73. The highest BCUT2D eigenvalue weighted by molar-refractivity contribution is 5.96. The minimum Gasteiger partial charge on any atom is -0.465 e. The topological polar surface area (TPSA) is 105 Å². The molecule has 0 heterocycles. The fraction of sp³-hybridized carbons (Fsp3) is 0.467. The molecule has 0 bridgehead atoms. The first kappa shape index (κ1) is 18.3. The molecule has 0 unspecified atom stereocenters. The molecule has 23 heavy (non-hydrogen) atoms. The van der Waals surface area contributed by atoms with Gasteiger partial charge < -0.3 is 9.47 Å². The van der Waals surface area contributed by atoms with Gasteiger partial charge in [-0.1, -0.05) is 5.11 Å². The maximum Gasteiger partial charge on any atom is 0.414 e. The number of carbonyl (C=O) groups excluding carboxylic acids is 2. The Kier molecular flexibility index (Phi) is 5.59. The van der Waals surface area contributed by atoms with Crippen LogP contribution in [0.3, 0.4) is 0 Å². The van der Waals surface area contributed by atoms with E-state index in [0.29, 0.717) is 11.3 Å². The summed E-state index contributed by atoms with van der Waals surface area (Å²) < 4.78 is 10.00. The predicted octanol–water partition coefficient (Wildman–Crippen LogP) is 4.09. The van der Waals surface area contributed by atoms with Gasteiger partial charge >= 0.3 is 12.1 Å². The minimum atomic E-state index is -0.658. The van der Waals surface area contributed by atoms with E-state index in [4.69, 9.17) is 15.0 Å². The van der Waals surface area contributed by atoms with Crippen molar-refractivity contribution in [3.8, 4) is 0 Å². The van der Waals surface area contributed by atoms with Gasteiger partial charge in [0.15, 0.2) is 0 Å². The molecule has 0 aromatic heterocycles. The van der Waals surface area contributed by atoms with Gasteiger partial charge in [-0.25, -0.2) is 9.59 Å². The number of benzene rings is 1. The molecule has 0 atom stereocenters. The number of ether oxygens (including phenoxy) is 2. The number of esters is 1. The van der Waals surface area contributed by atoms with E-state index in [1.165, 1.54) is 31.2 Å². The summed E-state index contributed by atoms with van der Waals surface area (Å²) in [4.78, 5) is 28.0. The molecule has 8 nitrogen and oxygen atoms in total. The van der Waals surface area contributed by atoms with E-state index < -0.39 is 17.7 Å². The van der Waals surface area contributed by atoms with Crippen molar-refractivity contribution in [2.24, 2.45) is 5.11 Å². The summed E-state index contributed by atoms with van der Waals surface area (Å²) in [5, 5.41) is 3.55. The average Bonchev–Trinajstić information content (AvgIpc) is 2.46. The number of rotatable bonds is 3. The number of methoxy groups -OCH3 is 1. The van der Waals surface area contributed by atoms with Gasteiger partial charge in [-0.15, -0.1) is 0 Å². The van der Waals surface area contributed by atoms with E-state index in [0.717, 1.165) is 0 Å². The summed E-state index contributed by atoms with van der Waals surface area (Å²) in [6.07, 6.45) is -0.593. The molecule has 0 aliphatic carbocycles. The van der Waals surface area contributed by atoms with Gasteiger partial charge in [0.25, 0.3) is 0 Å². The van der Waals surface area contributed by atoms with Crippen LogP contribution in [0.25, 0.3) is 10.4 Å². The zero-order chi connectivity index (χ0) is 17.8. The smallest absolute Gasteiger partial charge is 0.414 e. The minimum absolute atomic E-state index is 0.211. The molecular formula is C15H20N4O4. The average molecular weight is 320 g/mol. The summed E-state index contributed by atoms with van der Waals surface area (Å²) in [6, 6.07) is 2.99. The molecule has 1 amide bonds. The monoisotopic (exact) mass is 320 g/mol. The van der Waals surface area contributed by atoms with Crippen LogP contribution >= 0.6 is 0 Å². The Morgan fingerprint density at radius 3 is 2.39 bits per heavy atom. The Labute approximate surface area is 134 Å². The largest absolute Gasteiger partial charge is 0.465 e. The lowest BCUT2D eigenvalue weighted by Gasteiger charge is -2.25. The van der Waals surface area contributed by atoms with Crippen LogP contribution in [-0.4, -0.2) is 31.8 Å². The Morgan fingerprint density at radius 2 is 1.91 bits per heavy atom. The molecule has 0 aliphatic heterocycles. The maximum absolute atomic E-state index is 12.1. The molecule has 124 valence electrons. The molecule has 0 spiro atoms. The van der Waals surface area contributed by atoms with Crippen LogP contribution in [0.2, 0.25) is 0 Å². The Bertz CT molecular complexity index is 673. The molecule has 0 saturated carbocycles. The highest BCUT2D eigenvalue weighted by Crippen LogP contribution is 2.30. The van der Waals surface area contributed by atoms with Gasteiger partial charge in [0, 0.05) is 23.3 Å². The second-order valence-corrected chi connectivity index (χ2v) is 5.86. The van der Waals surface area contributed by atoms with Crippen LogP contribution in [0.1, 0.15) is 36.7 Å². The summed E-state index contributed by atoms with van der Waals surface area (Å²) in [5.41, 5.74) is 9.27. The van der Waals surface area contributed by atoms with Crippen LogP contribution in [0.4, 0.5) is 16.2 Å². The van der Waals surface area contributed by atoms with Crippen molar-refractivity contribution in [2.75, 3.05) is 19.1 Å². The molecule has 8 heteroatoms. The molecule has 1 aromatic carbocycles. The number of hydrogen-bond donors (Lipinski definition) is 0. The van der Waals surface area contributed by atoms with Gasteiger partial charge in [0.1, 0.15) is 5.60 Å². The first-order chi connectivity index (χ1) is 10.6. The molecule has 1 aromatic rings. The molecule has 0 saturated heterocycles. The van der Waals surface area contributed by atoms with Gasteiger partial charge in [0.05, 0.1) is 12.7 Å². The highest BCUT2D eigenvalue weighted by Gasteiger charge is 2.23. The number of anilines is 1. The first-order valence-corrected chi connectivity index (χ1v) is 6.85. The van der Waals surface area contributed by atoms with Crippen molar-refractivity contribution in [1.29, 1.82) is 0 Å². The summed E-state index contributed by atoms with van der Waals surface area (Å²) in [6.45, 7) is 6.88. The third-order valence-electron chi connectivity index (χ3n) is 2.98. The lowest BCUT2D eigenvalue weighted by Crippen LogP contribution is -2.34. The standard InChI is InChI=1S/C15H20N4O4/c1-9-11(13(20)22-6)7-10(8-12(9)17-18-16)19(5)14(21)23-15(2,3)4/h7-8H,1-6H3. The fourth-order valence-electron chi connectivity index (χ4n) is 1.79. The van der Waals surface area contributed by atoms with E-state index in [1.54, 1.807) is 27.7 Å². The lowest BCUT2D eigenvalue weighted by molar-refractivity contribution is 0.0579. The summed E-state index contributed by atoms with van der Waals surface area (Å²) in [5.74, 6) is -0.587. The van der Waals surface area contributed by atoms with Crippen LogP contribution < -0.4 is 4.90 Å². The molecule has 0 fully saturated rings. The van der Waals surface area contributed by atoms with E-state index in [1.807, 2.05) is 0 Å². The quantitative estimate of drug-likeness (QED) is 0.362. The second kappa shape index (κ2) is 7.02. The molecular weight excluding hydrogens is 300 g/mol. The van der Waals surface area contributed by atoms with Crippen LogP contribution in [-0.2, 0) is 9.47 Å². The van der Waals surface area contributed by atoms with E-state index >= 15 is 0 Å². The second-order valence-electron chi connectivity index (χ2n) is 5.86.